The Morgan fingerprint density at radius 2 is 0.339 bits per heavy atom. The molecule has 0 bridgehead atoms. The summed E-state index contributed by atoms with van der Waals surface area (Å²) in [4.78, 5) is 0. The van der Waals surface area contributed by atoms with Crippen LogP contribution in [-0.2, 0) is 58.4 Å². The summed E-state index contributed by atoms with van der Waals surface area (Å²) in [6.45, 7) is 43.5. The van der Waals surface area contributed by atoms with E-state index in [1.165, 1.54) is 0 Å². The Hall–Kier alpha value is -2.05. The summed E-state index contributed by atoms with van der Waals surface area (Å²) in [5, 5.41) is 39.7. The fourth-order valence-electron chi connectivity index (χ4n) is 6.05. The molecule has 0 aromatic heterocycles. The Balaban J connectivity index is -0.000000210. The van der Waals surface area contributed by atoms with Crippen molar-refractivity contribution in [1.29, 1.82) is 0 Å². The number of aromatic hydroxyl groups is 4. The molecule has 0 atom stereocenters. The first kappa shape index (κ1) is 66.1. The molecule has 4 aromatic rings. The molecular formula is C52H82O4Zn3-2. The van der Waals surface area contributed by atoms with E-state index in [-0.39, 0.29) is 58.4 Å². The second kappa shape index (κ2) is 34.5. The molecule has 4 aromatic carbocycles. The molecule has 0 saturated carbocycles. The van der Waals surface area contributed by atoms with Crippen molar-refractivity contribution in [2.75, 3.05) is 0 Å². The number of hydrogen-bond acceptors (Lipinski definition) is 4. The number of hydrogen-bond donors (Lipinski definition) is 4. The van der Waals surface area contributed by atoms with Crippen molar-refractivity contribution in [3.8, 4) is 23.0 Å². The molecular weight excluding hydrogens is 885 g/mol. The maximum Gasteiger partial charge on any atom is 0.122 e. The van der Waals surface area contributed by atoms with Crippen LogP contribution >= 0.6 is 0 Å². The average Bonchev–Trinajstić information content (AvgIpc) is 3.13. The fraction of sp³-hybridized carbons (Fsp3) is 0.500. The van der Waals surface area contributed by atoms with Crippen LogP contribution in [0.25, 0.3) is 0 Å². The number of phenols is 4. The second-order valence-electron chi connectivity index (χ2n) is 16.4. The maximum atomic E-state index is 9.93. The van der Waals surface area contributed by atoms with Gasteiger partial charge in [-0.1, -0.05) is 184 Å². The van der Waals surface area contributed by atoms with Crippen LogP contribution in [0.15, 0.2) is 72.8 Å². The van der Waals surface area contributed by atoms with E-state index in [4.69, 9.17) is 0 Å². The molecule has 4 rings (SSSR count). The van der Waals surface area contributed by atoms with Gasteiger partial charge in [-0.15, -0.1) is 0 Å². The number of rotatable bonds is 8. The normalized spacial score (nSPS) is 10.1. The summed E-state index contributed by atoms with van der Waals surface area (Å²) in [6, 6.07) is 24.0. The van der Waals surface area contributed by atoms with Crippen molar-refractivity contribution < 1.29 is 78.9 Å². The van der Waals surface area contributed by atoms with Gasteiger partial charge in [0, 0.05) is 58.4 Å². The molecule has 0 radical (unpaired) electrons. The van der Waals surface area contributed by atoms with Crippen LogP contribution in [0.2, 0.25) is 0 Å². The minimum absolute atomic E-state index is 0. The molecule has 0 aliphatic carbocycles. The Labute approximate surface area is 402 Å². The summed E-state index contributed by atoms with van der Waals surface area (Å²) in [5.41, 5.74) is 8.38. The summed E-state index contributed by atoms with van der Waals surface area (Å²) in [6.07, 6.45) is 0. The third kappa shape index (κ3) is 22.0. The first-order valence-corrected chi connectivity index (χ1v) is 20.8. The largest absolute Gasteiger partial charge is 0.507 e. The molecule has 0 heterocycles. The van der Waals surface area contributed by atoms with E-state index in [2.05, 4.69) is 125 Å². The zero-order valence-corrected chi connectivity index (χ0v) is 49.8. The van der Waals surface area contributed by atoms with Gasteiger partial charge < -0.3 is 34.3 Å². The Morgan fingerprint density at radius 1 is 0.254 bits per heavy atom. The molecule has 0 aliphatic heterocycles. The van der Waals surface area contributed by atoms with Gasteiger partial charge in [0.15, 0.2) is 0 Å². The van der Waals surface area contributed by atoms with E-state index in [1.54, 1.807) is 13.8 Å². The third-order valence-corrected chi connectivity index (χ3v) is 9.37. The van der Waals surface area contributed by atoms with Crippen molar-refractivity contribution in [2.45, 2.75) is 172 Å². The molecule has 0 fully saturated rings. The van der Waals surface area contributed by atoms with Crippen molar-refractivity contribution in [2.24, 2.45) is 0 Å². The van der Waals surface area contributed by atoms with E-state index in [0.717, 1.165) is 44.5 Å². The molecule has 4 N–H and O–H groups in total. The topological polar surface area (TPSA) is 80.9 Å². The molecule has 0 spiro atoms. The Morgan fingerprint density at radius 3 is 0.407 bits per heavy atom. The van der Waals surface area contributed by atoms with Crippen molar-refractivity contribution in [3.05, 3.63) is 131 Å². The van der Waals surface area contributed by atoms with Gasteiger partial charge in [0.2, 0.25) is 0 Å². The van der Waals surface area contributed by atoms with Crippen molar-refractivity contribution >= 4 is 0 Å². The van der Waals surface area contributed by atoms with E-state index in [9.17, 15) is 20.4 Å². The minimum Gasteiger partial charge on any atom is -0.507 e. The van der Waals surface area contributed by atoms with E-state index >= 15 is 0 Å². The van der Waals surface area contributed by atoms with E-state index in [1.807, 2.05) is 72.8 Å². The number of benzene rings is 4. The molecule has 7 heteroatoms. The molecule has 0 aliphatic rings. The Kier molecular flexibility index (Phi) is 38.7. The Bertz CT molecular complexity index is 1310. The van der Waals surface area contributed by atoms with Gasteiger partial charge in [0.05, 0.1) is 0 Å². The van der Waals surface area contributed by atoms with Gasteiger partial charge in [-0.05, 0) is 91.9 Å². The van der Waals surface area contributed by atoms with E-state index in [0.29, 0.717) is 70.3 Å². The fourth-order valence-corrected chi connectivity index (χ4v) is 6.05. The summed E-state index contributed by atoms with van der Waals surface area (Å²) in [5.74, 6) is 5.02. The van der Waals surface area contributed by atoms with Crippen LogP contribution in [0.3, 0.4) is 0 Å². The van der Waals surface area contributed by atoms with Gasteiger partial charge in [-0.25, -0.2) is 0 Å². The predicted octanol–water partition coefficient (Wildman–Crippen LogP) is 16.2. The van der Waals surface area contributed by atoms with Gasteiger partial charge in [0.25, 0.3) is 0 Å². The molecule has 59 heavy (non-hydrogen) atoms. The van der Waals surface area contributed by atoms with Crippen LogP contribution in [0, 0.1) is 13.8 Å². The first-order valence-electron chi connectivity index (χ1n) is 20.8. The minimum atomic E-state index is 0. The molecule has 0 saturated heterocycles. The smallest absolute Gasteiger partial charge is 0.122 e. The van der Waals surface area contributed by atoms with Crippen LogP contribution in [0.1, 0.15) is 216 Å². The van der Waals surface area contributed by atoms with Gasteiger partial charge >= 0.3 is 0 Å². The molecule has 0 amide bonds. The van der Waals surface area contributed by atoms with Crippen LogP contribution in [-0.4, -0.2) is 20.4 Å². The van der Waals surface area contributed by atoms with Gasteiger partial charge in [0.1, 0.15) is 23.0 Å². The number of phenolic OH excluding ortho intramolecular Hbond substituents is 4. The third-order valence-electron chi connectivity index (χ3n) is 9.37. The van der Waals surface area contributed by atoms with Crippen LogP contribution in [0.5, 0.6) is 23.0 Å². The number of para-hydroxylation sites is 4. The van der Waals surface area contributed by atoms with Gasteiger partial charge in [-0.3, -0.25) is 0 Å². The standard InChI is InChI=1S/4C12H18O.2C2H5.3Zn/c4*1-8(2)10-6-5-7-11(9(3)4)12(10)13;2*1-2;;;/h4*5-9,13H,1-4H3;2*1H2,2H3;;;/q;;;;2*-1;;;. The molecule has 0 unspecified atom stereocenters. The van der Waals surface area contributed by atoms with Crippen molar-refractivity contribution in [3.63, 3.8) is 0 Å². The summed E-state index contributed by atoms with van der Waals surface area (Å²) in [7, 11) is 0. The van der Waals surface area contributed by atoms with Crippen LogP contribution < -0.4 is 0 Å². The monoisotopic (exact) mass is 962 g/mol. The second-order valence-corrected chi connectivity index (χ2v) is 16.4. The molecule has 322 valence electrons. The zero-order valence-electron chi connectivity index (χ0n) is 40.9. The van der Waals surface area contributed by atoms with Crippen molar-refractivity contribution in [1.82, 2.24) is 0 Å². The maximum absolute atomic E-state index is 9.93. The molecule has 4 nitrogen and oxygen atoms in total. The first-order chi connectivity index (χ1) is 26.1. The zero-order chi connectivity index (χ0) is 44.0. The van der Waals surface area contributed by atoms with Gasteiger partial charge in [-0.2, -0.15) is 13.8 Å². The predicted molar refractivity (Wildman–Crippen MR) is 247 cm³/mol. The summed E-state index contributed by atoms with van der Waals surface area (Å²) >= 11 is 0. The SMILES string of the molecule is CC(C)c1cccc(C(C)C)c1O.CC(C)c1cccc(C(C)C)c1O.CC(C)c1cccc(C(C)C)c1O.CC(C)c1cccc(C(C)C)c1O.[CH2-]C.[CH2-]C.[Zn].[Zn].[Zn]. The quantitative estimate of drug-likeness (QED) is 0.105. The van der Waals surface area contributed by atoms with Crippen LogP contribution in [0.4, 0.5) is 0 Å². The van der Waals surface area contributed by atoms with E-state index < -0.39 is 0 Å². The summed E-state index contributed by atoms with van der Waals surface area (Å²) < 4.78 is 0. The average molecular weight is 967 g/mol.